The summed E-state index contributed by atoms with van der Waals surface area (Å²) >= 11 is 3.35. The number of anilines is 1. The Morgan fingerprint density at radius 1 is 1.61 bits per heavy atom. The van der Waals surface area contributed by atoms with Crippen LogP contribution in [0, 0.1) is 0 Å². The SMILES string of the molecule is C=Cc1cc(CBr)cnc1NC(=O)OC(C)(C)C. The molecule has 1 N–H and O–H groups in total. The predicted molar refractivity (Wildman–Crippen MR) is 76.8 cm³/mol. The monoisotopic (exact) mass is 312 g/mol. The van der Waals surface area contributed by atoms with Gasteiger partial charge in [0, 0.05) is 17.1 Å². The van der Waals surface area contributed by atoms with Crippen LogP contribution in [0.15, 0.2) is 18.8 Å². The summed E-state index contributed by atoms with van der Waals surface area (Å²) in [6.45, 7) is 9.13. The minimum absolute atomic E-state index is 0.448. The van der Waals surface area contributed by atoms with E-state index in [1.165, 1.54) is 0 Å². The van der Waals surface area contributed by atoms with E-state index in [4.69, 9.17) is 4.74 Å². The van der Waals surface area contributed by atoms with Crippen LogP contribution in [0.1, 0.15) is 31.9 Å². The van der Waals surface area contributed by atoms with Gasteiger partial charge in [-0.05, 0) is 32.4 Å². The quantitative estimate of drug-likeness (QED) is 0.859. The fourth-order valence-corrected chi connectivity index (χ4v) is 1.57. The van der Waals surface area contributed by atoms with E-state index in [1.54, 1.807) is 12.3 Å². The van der Waals surface area contributed by atoms with Crippen molar-refractivity contribution in [2.24, 2.45) is 0 Å². The summed E-state index contributed by atoms with van der Waals surface area (Å²) in [4.78, 5) is 15.8. The molecule has 0 saturated heterocycles. The number of alkyl halides is 1. The molecule has 1 rings (SSSR count). The lowest BCUT2D eigenvalue weighted by molar-refractivity contribution is 0.0635. The number of nitrogens with one attached hydrogen (secondary N) is 1. The van der Waals surface area contributed by atoms with Crippen LogP contribution in [0.25, 0.3) is 6.08 Å². The molecule has 0 atom stereocenters. The zero-order chi connectivity index (χ0) is 13.8. The van der Waals surface area contributed by atoms with Gasteiger partial charge in [0.15, 0.2) is 0 Å². The van der Waals surface area contributed by atoms with Crippen LogP contribution in [0.3, 0.4) is 0 Å². The van der Waals surface area contributed by atoms with Gasteiger partial charge in [0.25, 0.3) is 0 Å². The predicted octanol–water partition coefficient (Wildman–Crippen LogP) is 3.97. The van der Waals surface area contributed by atoms with Crippen molar-refractivity contribution < 1.29 is 9.53 Å². The molecule has 0 aliphatic heterocycles. The number of ether oxygens (including phenoxy) is 1. The highest BCUT2D eigenvalue weighted by molar-refractivity contribution is 9.08. The molecule has 1 heterocycles. The molecule has 0 fully saturated rings. The highest BCUT2D eigenvalue weighted by atomic mass is 79.9. The van der Waals surface area contributed by atoms with Crippen molar-refractivity contribution in [3.05, 3.63) is 30.0 Å². The first kappa shape index (κ1) is 14.7. The number of hydrogen-bond donors (Lipinski definition) is 1. The van der Waals surface area contributed by atoms with Crippen molar-refractivity contribution in [1.29, 1.82) is 0 Å². The Kier molecular flexibility index (Phi) is 4.90. The number of rotatable bonds is 3. The van der Waals surface area contributed by atoms with Crippen LogP contribution in [-0.4, -0.2) is 16.7 Å². The maximum absolute atomic E-state index is 11.6. The fraction of sp³-hybridized carbons (Fsp3) is 0.385. The van der Waals surface area contributed by atoms with Gasteiger partial charge in [0.2, 0.25) is 0 Å². The molecule has 1 amide bonds. The van der Waals surface area contributed by atoms with Crippen LogP contribution in [0.5, 0.6) is 0 Å². The fourth-order valence-electron chi connectivity index (χ4n) is 1.26. The molecule has 0 radical (unpaired) electrons. The van der Waals surface area contributed by atoms with Crippen molar-refractivity contribution >= 4 is 33.9 Å². The van der Waals surface area contributed by atoms with Gasteiger partial charge < -0.3 is 4.74 Å². The summed E-state index contributed by atoms with van der Waals surface area (Å²) < 4.78 is 5.16. The highest BCUT2D eigenvalue weighted by Gasteiger charge is 2.17. The molecule has 0 spiro atoms. The molecule has 5 heteroatoms. The van der Waals surface area contributed by atoms with E-state index >= 15 is 0 Å². The van der Waals surface area contributed by atoms with Crippen molar-refractivity contribution in [3.63, 3.8) is 0 Å². The molecule has 98 valence electrons. The Labute approximate surface area is 116 Å². The average Bonchev–Trinajstić information content (AvgIpc) is 2.27. The minimum Gasteiger partial charge on any atom is -0.444 e. The molecule has 0 bridgehead atoms. The van der Waals surface area contributed by atoms with Crippen molar-refractivity contribution in [2.75, 3.05) is 5.32 Å². The standard InChI is InChI=1S/C13H17BrN2O2/c1-5-10-6-9(7-14)8-15-11(10)16-12(17)18-13(2,3)4/h5-6,8H,1,7H2,2-4H3,(H,15,16,17). The number of carbonyl (C=O) groups excluding carboxylic acids is 1. The summed E-state index contributed by atoms with van der Waals surface area (Å²) in [6.07, 6.45) is 2.81. The number of hydrogen-bond acceptors (Lipinski definition) is 3. The molecule has 0 aliphatic rings. The Bertz CT molecular complexity index is 453. The molecular weight excluding hydrogens is 296 g/mol. The molecule has 0 saturated carbocycles. The van der Waals surface area contributed by atoms with Gasteiger partial charge in [0.1, 0.15) is 11.4 Å². The Hall–Kier alpha value is -1.36. The Balaban J connectivity index is 2.84. The van der Waals surface area contributed by atoms with Gasteiger partial charge in [-0.3, -0.25) is 5.32 Å². The summed E-state index contributed by atoms with van der Waals surface area (Å²) in [5, 5.41) is 3.31. The van der Waals surface area contributed by atoms with Gasteiger partial charge in [-0.2, -0.15) is 0 Å². The van der Waals surface area contributed by atoms with E-state index in [0.717, 1.165) is 11.1 Å². The van der Waals surface area contributed by atoms with Crippen LogP contribution >= 0.6 is 15.9 Å². The lowest BCUT2D eigenvalue weighted by Gasteiger charge is -2.19. The number of amides is 1. The molecule has 0 aromatic carbocycles. The number of nitrogens with zero attached hydrogens (tertiary/aromatic N) is 1. The van der Waals surface area contributed by atoms with Crippen molar-refractivity contribution in [3.8, 4) is 0 Å². The summed E-state index contributed by atoms with van der Waals surface area (Å²) in [7, 11) is 0. The second-order valence-electron chi connectivity index (χ2n) is 4.75. The second-order valence-corrected chi connectivity index (χ2v) is 5.31. The Morgan fingerprint density at radius 2 is 2.28 bits per heavy atom. The number of aromatic nitrogens is 1. The third-order valence-electron chi connectivity index (χ3n) is 1.97. The highest BCUT2D eigenvalue weighted by Crippen LogP contribution is 2.18. The minimum atomic E-state index is -0.534. The second kappa shape index (κ2) is 6.00. The lowest BCUT2D eigenvalue weighted by Crippen LogP contribution is -2.27. The van der Waals surface area contributed by atoms with Crippen molar-refractivity contribution in [1.82, 2.24) is 4.98 Å². The largest absolute Gasteiger partial charge is 0.444 e. The number of pyridine rings is 1. The van der Waals surface area contributed by atoms with E-state index in [0.29, 0.717) is 11.1 Å². The summed E-state index contributed by atoms with van der Waals surface area (Å²) in [5.41, 5.74) is 1.24. The smallest absolute Gasteiger partial charge is 0.413 e. The third-order valence-corrected chi connectivity index (χ3v) is 2.61. The zero-order valence-electron chi connectivity index (χ0n) is 10.8. The summed E-state index contributed by atoms with van der Waals surface area (Å²) in [5.74, 6) is 0.448. The van der Waals surface area contributed by atoms with E-state index in [1.807, 2.05) is 26.8 Å². The van der Waals surface area contributed by atoms with Gasteiger partial charge >= 0.3 is 6.09 Å². The van der Waals surface area contributed by atoms with Gasteiger partial charge in [-0.25, -0.2) is 9.78 Å². The Morgan fingerprint density at radius 3 is 2.78 bits per heavy atom. The maximum atomic E-state index is 11.6. The lowest BCUT2D eigenvalue weighted by atomic mass is 10.2. The maximum Gasteiger partial charge on any atom is 0.413 e. The van der Waals surface area contributed by atoms with Crippen LogP contribution < -0.4 is 5.32 Å². The van der Waals surface area contributed by atoms with Gasteiger partial charge in [-0.15, -0.1) is 0 Å². The molecule has 0 aliphatic carbocycles. The van der Waals surface area contributed by atoms with Crippen molar-refractivity contribution in [2.45, 2.75) is 31.7 Å². The van der Waals surface area contributed by atoms with Gasteiger partial charge in [0.05, 0.1) is 0 Å². The molecule has 1 aromatic rings. The summed E-state index contributed by atoms with van der Waals surface area (Å²) in [6, 6.07) is 1.90. The first-order valence-electron chi connectivity index (χ1n) is 5.53. The molecule has 0 unspecified atom stereocenters. The zero-order valence-corrected chi connectivity index (χ0v) is 12.4. The topological polar surface area (TPSA) is 51.2 Å². The van der Waals surface area contributed by atoms with Crippen LogP contribution in [-0.2, 0) is 10.1 Å². The molecular formula is C13H17BrN2O2. The third kappa shape index (κ3) is 4.49. The van der Waals surface area contributed by atoms with Crippen LogP contribution in [0.2, 0.25) is 0 Å². The average molecular weight is 313 g/mol. The first-order chi connectivity index (χ1) is 8.35. The van der Waals surface area contributed by atoms with E-state index in [-0.39, 0.29) is 0 Å². The molecule has 4 nitrogen and oxygen atoms in total. The van der Waals surface area contributed by atoms with Gasteiger partial charge in [-0.1, -0.05) is 28.6 Å². The van der Waals surface area contributed by atoms with Crippen LogP contribution in [0.4, 0.5) is 10.6 Å². The van der Waals surface area contributed by atoms with E-state index in [9.17, 15) is 4.79 Å². The molecule has 1 aromatic heterocycles. The first-order valence-corrected chi connectivity index (χ1v) is 6.65. The molecule has 18 heavy (non-hydrogen) atoms. The van der Waals surface area contributed by atoms with E-state index < -0.39 is 11.7 Å². The normalized spacial score (nSPS) is 10.9. The number of carbonyl (C=O) groups is 1. The van der Waals surface area contributed by atoms with E-state index in [2.05, 4.69) is 32.8 Å². The number of halogens is 1.